The molecular weight excluding hydrogens is 456 g/mol. The van der Waals surface area contributed by atoms with E-state index in [2.05, 4.69) is 54.9 Å². The maximum atomic E-state index is 13.4. The zero-order valence-corrected chi connectivity index (χ0v) is 21.2. The van der Waals surface area contributed by atoms with Crippen LogP contribution >= 0.6 is 11.6 Å². The summed E-state index contributed by atoms with van der Waals surface area (Å²) in [4.78, 5) is 13.4. The zero-order chi connectivity index (χ0) is 24.7. The van der Waals surface area contributed by atoms with E-state index in [0.717, 1.165) is 39.6 Å². The number of ether oxygens (including phenoxy) is 1. The second-order valence-corrected chi connectivity index (χ2v) is 10.3. The van der Waals surface area contributed by atoms with Crippen LogP contribution in [0.5, 0.6) is 5.75 Å². The summed E-state index contributed by atoms with van der Waals surface area (Å²) in [5.74, 6) is 0.952. The van der Waals surface area contributed by atoms with E-state index in [4.69, 9.17) is 16.3 Å². The number of ketones is 1. The van der Waals surface area contributed by atoms with Gasteiger partial charge in [0.05, 0.1) is 24.5 Å². The molecule has 1 aliphatic carbocycles. The van der Waals surface area contributed by atoms with Crippen LogP contribution in [0.3, 0.4) is 0 Å². The summed E-state index contributed by atoms with van der Waals surface area (Å²) in [6.45, 7) is 6.40. The number of fused-ring (bicyclic) bond motifs is 1. The quantitative estimate of drug-likeness (QED) is 0.313. The van der Waals surface area contributed by atoms with Gasteiger partial charge in [-0.2, -0.15) is 0 Å². The Morgan fingerprint density at radius 3 is 2.26 bits per heavy atom. The number of methoxy groups -OCH3 is 1. The molecule has 1 atom stereocenters. The summed E-state index contributed by atoms with van der Waals surface area (Å²) in [5, 5.41) is 4.43. The standard InChI is InChI=1S/C30H29ClN2O2/c1-19-5-11-22(12-6-19)32-29-28-25(27(34)18-30(29,2)3)17-26(20-7-15-24(35-4)16-8-20)33(28)23-13-9-21(31)10-14-23/h5-17,29,32H,18H2,1-4H3. The minimum absolute atomic E-state index is 0.0828. The summed E-state index contributed by atoms with van der Waals surface area (Å²) in [7, 11) is 1.66. The minimum Gasteiger partial charge on any atom is -0.497 e. The van der Waals surface area contributed by atoms with Crippen LogP contribution in [0.4, 0.5) is 5.69 Å². The first-order chi connectivity index (χ1) is 16.8. The largest absolute Gasteiger partial charge is 0.497 e. The SMILES string of the molecule is COc1ccc(-c2cc3c(n2-c2ccc(Cl)cc2)C(Nc2ccc(C)cc2)C(C)(C)CC3=O)cc1. The Labute approximate surface area is 211 Å². The number of anilines is 1. The number of aryl methyl sites for hydroxylation is 1. The summed E-state index contributed by atoms with van der Waals surface area (Å²) >= 11 is 6.23. The summed E-state index contributed by atoms with van der Waals surface area (Å²) in [5.41, 5.74) is 6.60. The van der Waals surface area contributed by atoms with Crippen molar-refractivity contribution in [2.24, 2.45) is 5.41 Å². The van der Waals surface area contributed by atoms with Crippen LogP contribution < -0.4 is 10.1 Å². The Morgan fingerprint density at radius 1 is 0.971 bits per heavy atom. The zero-order valence-electron chi connectivity index (χ0n) is 20.4. The molecule has 0 bridgehead atoms. The molecule has 1 aromatic heterocycles. The number of benzene rings is 3. The molecule has 5 heteroatoms. The molecular formula is C30H29ClN2O2. The highest BCUT2D eigenvalue weighted by molar-refractivity contribution is 6.30. The Kier molecular flexibility index (Phi) is 5.94. The molecule has 5 rings (SSSR count). The molecule has 178 valence electrons. The van der Waals surface area contributed by atoms with Crippen molar-refractivity contribution in [3.05, 3.63) is 101 Å². The monoisotopic (exact) mass is 484 g/mol. The molecule has 0 aliphatic heterocycles. The van der Waals surface area contributed by atoms with E-state index in [9.17, 15) is 4.79 Å². The Morgan fingerprint density at radius 2 is 1.63 bits per heavy atom. The van der Waals surface area contributed by atoms with Crippen LogP contribution in [0, 0.1) is 12.3 Å². The third kappa shape index (κ3) is 4.35. The highest BCUT2D eigenvalue weighted by atomic mass is 35.5. The number of nitrogens with zero attached hydrogens (tertiary/aromatic N) is 1. The molecule has 0 radical (unpaired) electrons. The van der Waals surface area contributed by atoms with Gasteiger partial charge in [-0.3, -0.25) is 4.79 Å². The van der Waals surface area contributed by atoms with Crippen LogP contribution in [-0.4, -0.2) is 17.5 Å². The van der Waals surface area contributed by atoms with Gasteiger partial charge in [0, 0.05) is 28.4 Å². The predicted octanol–water partition coefficient (Wildman–Crippen LogP) is 7.88. The predicted molar refractivity (Wildman–Crippen MR) is 143 cm³/mol. The average molecular weight is 485 g/mol. The number of nitrogens with one attached hydrogen (secondary N) is 1. The van der Waals surface area contributed by atoms with Crippen LogP contribution in [0.25, 0.3) is 16.9 Å². The van der Waals surface area contributed by atoms with Crippen LogP contribution in [0.15, 0.2) is 78.9 Å². The van der Waals surface area contributed by atoms with Crippen LogP contribution in [-0.2, 0) is 0 Å². The lowest BCUT2D eigenvalue weighted by Crippen LogP contribution is -2.37. The molecule has 3 aromatic carbocycles. The lowest BCUT2D eigenvalue weighted by Gasteiger charge is -2.40. The second-order valence-electron chi connectivity index (χ2n) is 9.90. The molecule has 1 unspecified atom stereocenters. The second kappa shape index (κ2) is 8.94. The molecule has 4 aromatic rings. The van der Waals surface area contributed by atoms with Gasteiger partial charge in [-0.25, -0.2) is 0 Å². The van der Waals surface area contributed by atoms with Gasteiger partial charge in [0.1, 0.15) is 5.75 Å². The molecule has 0 saturated carbocycles. The van der Waals surface area contributed by atoms with E-state index in [1.165, 1.54) is 5.56 Å². The van der Waals surface area contributed by atoms with Crippen molar-refractivity contribution in [3.63, 3.8) is 0 Å². The van der Waals surface area contributed by atoms with Gasteiger partial charge in [0.2, 0.25) is 0 Å². The summed E-state index contributed by atoms with van der Waals surface area (Å²) < 4.78 is 7.57. The van der Waals surface area contributed by atoms with Crippen molar-refractivity contribution < 1.29 is 9.53 Å². The number of halogens is 1. The topological polar surface area (TPSA) is 43.3 Å². The van der Waals surface area contributed by atoms with E-state index >= 15 is 0 Å². The van der Waals surface area contributed by atoms with Crippen molar-refractivity contribution in [1.29, 1.82) is 0 Å². The fourth-order valence-corrected chi connectivity index (χ4v) is 5.06. The first kappa shape index (κ1) is 23.3. The highest BCUT2D eigenvalue weighted by Crippen LogP contribution is 2.48. The fourth-order valence-electron chi connectivity index (χ4n) is 4.94. The summed E-state index contributed by atoms with van der Waals surface area (Å²) in [6.07, 6.45) is 0.468. The van der Waals surface area contributed by atoms with Crippen molar-refractivity contribution in [2.75, 3.05) is 12.4 Å². The normalized spacial score (nSPS) is 16.6. The molecule has 1 aliphatic rings. The van der Waals surface area contributed by atoms with E-state index in [1.807, 2.05) is 54.6 Å². The molecule has 0 amide bonds. The molecule has 35 heavy (non-hydrogen) atoms. The third-order valence-corrected chi connectivity index (χ3v) is 7.10. The van der Waals surface area contributed by atoms with Gasteiger partial charge in [-0.1, -0.05) is 43.1 Å². The Balaban J connectivity index is 1.74. The van der Waals surface area contributed by atoms with Gasteiger partial charge < -0.3 is 14.6 Å². The maximum absolute atomic E-state index is 13.4. The number of hydrogen-bond acceptors (Lipinski definition) is 3. The number of aromatic nitrogens is 1. The van der Waals surface area contributed by atoms with Crippen molar-refractivity contribution in [1.82, 2.24) is 4.57 Å². The Hall–Kier alpha value is -3.50. The number of Topliss-reactive ketones (excluding diaryl/α,β-unsaturated/α-hetero) is 1. The van der Waals surface area contributed by atoms with Crippen molar-refractivity contribution in [3.8, 4) is 22.7 Å². The number of carbonyl (C=O) groups excluding carboxylic acids is 1. The van der Waals surface area contributed by atoms with E-state index in [-0.39, 0.29) is 17.2 Å². The van der Waals surface area contributed by atoms with Crippen molar-refractivity contribution in [2.45, 2.75) is 33.2 Å². The van der Waals surface area contributed by atoms with Crippen LogP contribution in [0.1, 0.15) is 47.9 Å². The van der Waals surface area contributed by atoms with E-state index < -0.39 is 0 Å². The third-order valence-electron chi connectivity index (χ3n) is 6.84. The first-order valence-electron chi connectivity index (χ1n) is 11.8. The van der Waals surface area contributed by atoms with Gasteiger partial charge in [-0.05, 0) is 84.6 Å². The van der Waals surface area contributed by atoms with Gasteiger partial charge in [0.25, 0.3) is 0 Å². The molecule has 0 saturated heterocycles. The first-order valence-corrected chi connectivity index (χ1v) is 12.2. The maximum Gasteiger partial charge on any atom is 0.165 e. The Bertz CT molecular complexity index is 1370. The molecule has 0 fully saturated rings. The van der Waals surface area contributed by atoms with E-state index in [1.54, 1.807) is 7.11 Å². The minimum atomic E-state index is -0.297. The molecule has 0 spiro atoms. The molecule has 1 N–H and O–H groups in total. The van der Waals surface area contributed by atoms with E-state index in [0.29, 0.717) is 11.4 Å². The van der Waals surface area contributed by atoms with Crippen molar-refractivity contribution >= 4 is 23.1 Å². The summed E-state index contributed by atoms with van der Waals surface area (Å²) in [6, 6.07) is 26.1. The average Bonchev–Trinajstić information content (AvgIpc) is 3.24. The highest BCUT2D eigenvalue weighted by Gasteiger charge is 2.43. The van der Waals surface area contributed by atoms with Gasteiger partial charge >= 0.3 is 0 Å². The van der Waals surface area contributed by atoms with Crippen LogP contribution in [0.2, 0.25) is 5.02 Å². The van der Waals surface area contributed by atoms with Gasteiger partial charge in [0.15, 0.2) is 5.78 Å². The van der Waals surface area contributed by atoms with Gasteiger partial charge in [-0.15, -0.1) is 0 Å². The fraction of sp³-hybridized carbons (Fsp3) is 0.233. The number of rotatable bonds is 5. The lowest BCUT2D eigenvalue weighted by atomic mass is 9.72. The smallest absolute Gasteiger partial charge is 0.165 e. The molecule has 4 nitrogen and oxygen atoms in total. The number of carbonyl (C=O) groups is 1. The lowest BCUT2D eigenvalue weighted by molar-refractivity contribution is 0.0891. The molecule has 1 heterocycles. The number of hydrogen-bond donors (Lipinski definition) is 1.